The number of carbonyl (C=O) groups is 2. The SMILES string of the molecule is CC1Oc2ccc(CCNC(=O)c3ccccn3)cc2N(C)C1=O. The molecule has 1 aliphatic heterocycles. The molecular weight excluding hydrogens is 306 g/mol. The third-order valence-electron chi connectivity index (χ3n) is 3.96. The summed E-state index contributed by atoms with van der Waals surface area (Å²) in [6.45, 7) is 2.23. The highest BCUT2D eigenvalue weighted by Crippen LogP contribution is 2.33. The van der Waals surface area contributed by atoms with Crippen LogP contribution < -0.4 is 15.0 Å². The Labute approximate surface area is 140 Å². The van der Waals surface area contributed by atoms with Crippen molar-refractivity contribution in [2.24, 2.45) is 0 Å². The van der Waals surface area contributed by atoms with Crippen molar-refractivity contribution in [1.29, 1.82) is 0 Å². The van der Waals surface area contributed by atoms with E-state index in [9.17, 15) is 9.59 Å². The molecule has 1 aromatic heterocycles. The van der Waals surface area contributed by atoms with Gasteiger partial charge >= 0.3 is 0 Å². The molecule has 0 spiro atoms. The minimum absolute atomic E-state index is 0.0666. The summed E-state index contributed by atoms with van der Waals surface area (Å²) in [5.74, 6) is 0.437. The lowest BCUT2D eigenvalue weighted by Crippen LogP contribution is -2.42. The first-order valence-electron chi connectivity index (χ1n) is 7.82. The second kappa shape index (κ2) is 6.70. The number of rotatable bonds is 4. The van der Waals surface area contributed by atoms with Gasteiger partial charge in [-0.05, 0) is 43.2 Å². The number of anilines is 1. The van der Waals surface area contributed by atoms with Crippen LogP contribution in [0.3, 0.4) is 0 Å². The van der Waals surface area contributed by atoms with Crippen molar-refractivity contribution in [1.82, 2.24) is 10.3 Å². The zero-order chi connectivity index (χ0) is 17.1. The summed E-state index contributed by atoms with van der Waals surface area (Å²) in [6.07, 6.45) is 1.78. The van der Waals surface area contributed by atoms with Gasteiger partial charge in [0.1, 0.15) is 11.4 Å². The Bertz CT molecular complexity index is 761. The summed E-state index contributed by atoms with van der Waals surface area (Å²) < 4.78 is 5.60. The predicted octanol–water partition coefficient (Wildman–Crippen LogP) is 1.80. The summed E-state index contributed by atoms with van der Waals surface area (Å²) in [5.41, 5.74) is 2.18. The lowest BCUT2D eigenvalue weighted by atomic mass is 10.1. The number of aromatic nitrogens is 1. The first-order chi connectivity index (χ1) is 11.6. The van der Waals surface area contributed by atoms with Crippen LogP contribution in [0.5, 0.6) is 5.75 Å². The number of fused-ring (bicyclic) bond motifs is 1. The lowest BCUT2D eigenvalue weighted by Gasteiger charge is -2.30. The molecule has 2 amide bonds. The molecule has 2 heterocycles. The van der Waals surface area contributed by atoms with Gasteiger partial charge in [-0.1, -0.05) is 12.1 Å². The van der Waals surface area contributed by atoms with Crippen LogP contribution in [0.2, 0.25) is 0 Å². The molecule has 0 radical (unpaired) electrons. The number of likely N-dealkylation sites (N-methyl/N-ethyl adjacent to an activating group) is 1. The topological polar surface area (TPSA) is 71.5 Å². The average molecular weight is 325 g/mol. The minimum Gasteiger partial charge on any atom is -0.479 e. The van der Waals surface area contributed by atoms with E-state index in [0.717, 1.165) is 11.3 Å². The van der Waals surface area contributed by atoms with Crippen LogP contribution in [0, 0.1) is 0 Å². The third-order valence-corrected chi connectivity index (χ3v) is 3.96. The van der Waals surface area contributed by atoms with E-state index in [1.54, 1.807) is 43.3 Å². The van der Waals surface area contributed by atoms with E-state index in [1.165, 1.54) is 0 Å². The molecule has 1 unspecified atom stereocenters. The van der Waals surface area contributed by atoms with Crippen LogP contribution in [0.1, 0.15) is 23.0 Å². The molecule has 1 atom stereocenters. The molecule has 1 N–H and O–H groups in total. The van der Waals surface area contributed by atoms with E-state index in [-0.39, 0.29) is 11.8 Å². The van der Waals surface area contributed by atoms with E-state index >= 15 is 0 Å². The maximum atomic E-state index is 12.0. The van der Waals surface area contributed by atoms with Crippen molar-refractivity contribution in [3.05, 3.63) is 53.9 Å². The average Bonchev–Trinajstić information content (AvgIpc) is 2.61. The molecule has 0 aliphatic carbocycles. The van der Waals surface area contributed by atoms with Crippen LogP contribution in [0.25, 0.3) is 0 Å². The number of amides is 2. The fourth-order valence-corrected chi connectivity index (χ4v) is 2.62. The largest absolute Gasteiger partial charge is 0.479 e. The van der Waals surface area contributed by atoms with E-state index < -0.39 is 6.10 Å². The Morgan fingerprint density at radius 1 is 1.33 bits per heavy atom. The van der Waals surface area contributed by atoms with Crippen molar-refractivity contribution < 1.29 is 14.3 Å². The number of ether oxygens (including phenoxy) is 1. The number of hydrogen-bond donors (Lipinski definition) is 1. The highest BCUT2D eigenvalue weighted by Gasteiger charge is 2.28. The van der Waals surface area contributed by atoms with Crippen molar-refractivity contribution in [3.8, 4) is 5.75 Å². The molecule has 24 heavy (non-hydrogen) atoms. The van der Waals surface area contributed by atoms with Crippen molar-refractivity contribution >= 4 is 17.5 Å². The molecule has 0 bridgehead atoms. The molecule has 1 aromatic carbocycles. The molecule has 0 saturated heterocycles. The van der Waals surface area contributed by atoms with E-state index in [0.29, 0.717) is 24.4 Å². The molecule has 6 heteroatoms. The zero-order valence-corrected chi connectivity index (χ0v) is 13.7. The molecule has 1 aliphatic rings. The number of carbonyl (C=O) groups excluding carboxylic acids is 2. The van der Waals surface area contributed by atoms with E-state index in [2.05, 4.69) is 10.3 Å². The first-order valence-corrected chi connectivity index (χ1v) is 7.82. The van der Waals surface area contributed by atoms with E-state index in [4.69, 9.17) is 4.74 Å². The maximum absolute atomic E-state index is 12.0. The Morgan fingerprint density at radius 3 is 2.92 bits per heavy atom. The molecular formula is C18H19N3O3. The second-order valence-electron chi connectivity index (χ2n) is 5.68. The summed E-state index contributed by atoms with van der Waals surface area (Å²) >= 11 is 0. The molecule has 124 valence electrons. The van der Waals surface area contributed by atoms with Crippen molar-refractivity contribution in [3.63, 3.8) is 0 Å². The van der Waals surface area contributed by atoms with Gasteiger partial charge in [-0.25, -0.2) is 0 Å². The van der Waals surface area contributed by atoms with Crippen LogP contribution in [0.4, 0.5) is 5.69 Å². The van der Waals surface area contributed by atoms with Gasteiger partial charge in [0.25, 0.3) is 11.8 Å². The van der Waals surface area contributed by atoms with Crippen molar-refractivity contribution in [2.45, 2.75) is 19.4 Å². The smallest absolute Gasteiger partial charge is 0.269 e. The van der Waals surface area contributed by atoms with Crippen LogP contribution in [-0.2, 0) is 11.2 Å². The first kappa shape index (κ1) is 16.0. The highest BCUT2D eigenvalue weighted by atomic mass is 16.5. The summed E-state index contributed by atoms with van der Waals surface area (Å²) in [7, 11) is 1.74. The normalized spacial score (nSPS) is 16.3. The number of nitrogens with one attached hydrogen (secondary N) is 1. The fraction of sp³-hybridized carbons (Fsp3) is 0.278. The highest BCUT2D eigenvalue weighted by molar-refractivity contribution is 5.99. The van der Waals surface area contributed by atoms with Gasteiger partial charge in [-0.3, -0.25) is 14.6 Å². The van der Waals surface area contributed by atoms with Gasteiger partial charge in [0.15, 0.2) is 6.10 Å². The standard InChI is InChI=1S/C18H19N3O3/c1-12-18(23)21(2)15-11-13(6-7-16(15)24-12)8-10-20-17(22)14-5-3-4-9-19-14/h3-7,9,11-12H,8,10H2,1-2H3,(H,20,22). The maximum Gasteiger partial charge on any atom is 0.269 e. The van der Waals surface area contributed by atoms with Crippen molar-refractivity contribution in [2.75, 3.05) is 18.5 Å². The zero-order valence-electron chi connectivity index (χ0n) is 13.7. The number of hydrogen-bond acceptors (Lipinski definition) is 4. The third kappa shape index (κ3) is 3.22. The van der Waals surface area contributed by atoms with Gasteiger partial charge in [0.2, 0.25) is 0 Å². The molecule has 0 saturated carbocycles. The van der Waals surface area contributed by atoms with Crippen LogP contribution in [-0.4, -0.2) is 36.5 Å². The Hall–Kier alpha value is -2.89. The minimum atomic E-state index is -0.467. The number of pyridine rings is 1. The molecule has 3 rings (SSSR count). The Morgan fingerprint density at radius 2 is 2.17 bits per heavy atom. The Kier molecular flexibility index (Phi) is 4.46. The van der Waals surface area contributed by atoms with Gasteiger partial charge in [-0.2, -0.15) is 0 Å². The predicted molar refractivity (Wildman–Crippen MR) is 90.2 cm³/mol. The summed E-state index contributed by atoms with van der Waals surface area (Å²) in [5, 5.41) is 2.84. The van der Waals surface area contributed by atoms with Crippen LogP contribution in [0.15, 0.2) is 42.6 Å². The van der Waals surface area contributed by atoms with E-state index in [1.807, 2.05) is 18.2 Å². The van der Waals surface area contributed by atoms with Gasteiger partial charge in [0, 0.05) is 19.8 Å². The van der Waals surface area contributed by atoms with Gasteiger partial charge in [-0.15, -0.1) is 0 Å². The summed E-state index contributed by atoms with van der Waals surface area (Å²) in [6, 6.07) is 11.0. The molecule has 0 fully saturated rings. The van der Waals surface area contributed by atoms with Crippen LogP contribution >= 0.6 is 0 Å². The monoisotopic (exact) mass is 325 g/mol. The lowest BCUT2D eigenvalue weighted by molar-refractivity contribution is -0.125. The molecule has 2 aromatic rings. The number of benzene rings is 1. The Balaban J connectivity index is 1.63. The molecule has 6 nitrogen and oxygen atoms in total. The van der Waals surface area contributed by atoms with Gasteiger partial charge in [0.05, 0.1) is 5.69 Å². The quantitative estimate of drug-likeness (QED) is 0.930. The second-order valence-corrected chi connectivity index (χ2v) is 5.68. The summed E-state index contributed by atoms with van der Waals surface area (Å²) in [4.78, 5) is 29.6. The van der Waals surface area contributed by atoms with Gasteiger partial charge < -0.3 is 15.0 Å². The number of nitrogens with zero attached hydrogens (tertiary/aromatic N) is 2. The fourth-order valence-electron chi connectivity index (χ4n) is 2.62.